The zero-order chi connectivity index (χ0) is 8.15. The molecule has 0 spiro atoms. The third-order valence-corrected chi connectivity index (χ3v) is 1.51. The highest BCUT2D eigenvalue weighted by Gasteiger charge is 2.15. The molecule has 0 aromatic heterocycles. The summed E-state index contributed by atoms with van der Waals surface area (Å²) in [6, 6.07) is 0. The van der Waals surface area contributed by atoms with E-state index in [0.717, 1.165) is 0 Å². The summed E-state index contributed by atoms with van der Waals surface area (Å²) < 4.78 is 0. The first-order chi connectivity index (χ1) is 4.57. The standard InChI is InChI=1S/C4H7BrN2O3/c5-2(1-3(6)8)4(9)7-10/h2,10H,1H2,(H2,6,8)(H,7,9). The lowest BCUT2D eigenvalue weighted by Crippen LogP contribution is -2.31. The third-order valence-electron chi connectivity index (χ3n) is 0.775. The van der Waals surface area contributed by atoms with Gasteiger partial charge in [0.25, 0.3) is 5.91 Å². The summed E-state index contributed by atoms with van der Waals surface area (Å²) in [6.45, 7) is 0. The lowest BCUT2D eigenvalue weighted by atomic mass is 10.3. The molecule has 0 aromatic rings. The second-order valence-electron chi connectivity index (χ2n) is 1.61. The van der Waals surface area contributed by atoms with Gasteiger partial charge >= 0.3 is 0 Å². The molecule has 0 bridgehead atoms. The molecule has 0 aliphatic carbocycles. The molecule has 4 N–H and O–H groups in total. The molecule has 0 saturated heterocycles. The van der Waals surface area contributed by atoms with Crippen LogP contribution in [0, 0.1) is 0 Å². The van der Waals surface area contributed by atoms with E-state index >= 15 is 0 Å². The Hall–Kier alpha value is -0.620. The van der Waals surface area contributed by atoms with Crippen LogP contribution >= 0.6 is 15.9 Å². The normalized spacial score (nSPS) is 12.2. The van der Waals surface area contributed by atoms with E-state index in [-0.39, 0.29) is 6.42 Å². The first-order valence-electron chi connectivity index (χ1n) is 2.44. The molecule has 0 fully saturated rings. The maximum atomic E-state index is 10.4. The number of hydrogen-bond acceptors (Lipinski definition) is 3. The van der Waals surface area contributed by atoms with Crippen LogP contribution in [0.4, 0.5) is 0 Å². The number of nitrogens with one attached hydrogen (secondary N) is 1. The molecule has 10 heavy (non-hydrogen) atoms. The Labute approximate surface area is 65.7 Å². The van der Waals surface area contributed by atoms with E-state index in [2.05, 4.69) is 15.9 Å². The zero-order valence-corrected chi connectivity index (χ0v) is 6.59. The summed E-state index contributed by atoms with van der Waals surface area (Å²) in [7, 11) is 0. The van der Waals surface area contributed by atoms with Crippen LogP contribution in [0.3, 0.4) is 0 Å². The summed E-state index contributed by atoms with van der Waals surface area (Å²) in [5.41, 5.74) is 6.13. The minimum absolute atomic E-state index is 0.133. The number of amides is 2. The largest absolute Gasteiger partial charge is 0.370 e. The average Bonchev–Trinajstić information content (AvgIpc) is 1.85. The van der Waals surface area contributed by atoms with E-state index in [9.17, 15) is 9.59 Å². The number of halogens is 1. The first kappa shape index (κ1) is 9.38. The number of hydrogen-bond donors (Lipinski definition) is 3. The molecule has 5 nitrogen and oxygen atoms in total. The van der Waals surface area contributed by atoms with Crippen LogP contribution < -0.4 is 11.2 Å². The SMILES string of the molecule is NC(=O)CC(Br)C(=O)NO. The molecule has 0 aliphatic rings. The van der Waals surface area contributed by atoms with Gasteiger partial charge in [0.1, 0.15) is 4.83 Å². The predicted octanol–water partition coefficient (Wildman–Crippen LogP) is -0.869. The van der Waals surface area contributed by atoms with Gasteiger partial charge in [-0.05, 0) is 0 Å². The number of alkyl halides is 1. The van der Waals surface area contributed by atoms with Crippen LogP contribution in [0.2, 0.25) is 0 Å². The second-order valence-corrected chi connectivity index (χ2v) is 2.72. The first-order valence-corrected chi connectivity index (χ1v) is 3.35. The van der Waals surface area contributed by atoms with E-state index in [1.54, 1.807) is 0 Å². The zero-order valence-electron chi connectivity index (χ0n) is 5.00. The van der Waals surface area contributed by atoms with Crippen molar-refractivity contribution in [3.63, 3.8) is 0 Å². The molecule has 0 radical (unpaired) electrons. The van der Waals surface area contributed by atoms with Crippen molar-refractivity contribution >= 4 is 27.7 Å². The van der Waals surface area contributed by atoms with E-state index < -0.39 is 16.6 Å². The van der Waals surface area contributed by atoms with Crippen molar-refractivity contribution in [2.24, 2.45) is 5.73 Å². The lowest BCUT2D eigenvalue weighted by Gasteiger charge is -2.02. The van der Waals surface area contributed by atoms with Crippen LogP contribution in [-0.4, -0.2) is 21.8 Å². The van der Waals surface area contributed by atoms with Gasteiger partial charge in [-0.3, -0.25) is 14.8 Å². The highest BCUT2D eigenvalue weighted by atomic mass is 79.9. The summed E-state index contributed by atoms with van der Waals surface area (Å²) in [5, 5.41) is 8.04. The summed E-state index contributed by atoms with van der Waals surface area (Å²) in [5.74, 6) is -1.29. The van der Waals surface area contributed by atoms with Crippen molar-refractivity contribution in [2.45, 2.75) is 11.2 Å². The Kier molecular flexibility index (Phi) is 3.97. The van der Waals surface area contributed by atoms with Gasteiger partial charge in [0.2, 0.25) is 5.91 Å². The number of carbonyl (C=O) groups excluding carboxylic acids is 2. The summed E-state index contributed by atoms with van der Waals surface area (Å²) in [4.78, 5) is 19.8. The van der Waals surface area contributed by atoms with Crippen LogP contribution in [0.15, 0.2) is 0 Å². The number of rotatable bonds is 3. The Morgan fingerprint density at radius 1 is 1.70 bits per heavy atom. The summed E-state index contributed by atoms with van der Waals surface area (Å²) >= 11 is 2.83. The predicted molar refractivity (Wildman–Crippen MR) is 36.5 cm³/mol. The molecular weight excluding hydrogens is 204 g/mol. The molecular formula is C4H7BrN2O3. The van der Waals surface area contributed by atoms with Gasteiger partial charge in [-0.25, -0.2) is 5.48 Å². The van der Waals surface area contributed by atoms with E-state index in [1.807, 2.05) is 0 Å². The van der Waals surface area contributed by atoms with Gasteiger partial charge in [0.15, 0.2) is 0 Å². The Balaban J connectivity index is 3.72. The fourth-order valence-corrected chi connectivity index (χ4v) is 0.761. The number of nitrogens with two attached hydrogens (primary N) is 1. The van der Waals surface area contributed by atoms with Crippen LogP contribution in [-0.2, 0) is 9.59 Å². The van der Waals surface area contributed by atoms with Crippen LogP contribution in [0.25, 0.3) is 0 Å². The van der Waals surface area contributed by atoms with Gasteiger partial charge in [0.05, 0.1) is 0 Å². The van der Waals surface area contributed by atoms with Gasteiger partial charge in [-0.2, -0.15) is 0 Å². The van der Waals surface area contributed by atoms with Gasteiger partial charge in [-0.15, -0.1) is 0 Å². The lowest BCUT2D eigenvalue weighted by molar-refractivity contribution is -0.130. The molecule has 58 valence electrons. The highest BCUT2D eigenvalue weighted by molar-refractivity contribution is 9.10. The molecule has 1 atom stereocenters. The monoisotopic (exact) mass is 210 g/mol. The van der Waals surface area contributed by atoms with Crippen LogP contribution in [0.1, 0.15) is 6.42 Å². The number of primary amides is 1. The molecule has 1 unspecified atom stereocenters. The second kappa shape index (κ2) is 4.24. The maximum absolute atomic E-state index is 10.4. The fourth-order valence-electron chi connectivity index (χ4n) is 0.339. The molecule has 0 rings (SSSR count). The third kappa shape index (κ3) is 3.41. The molecule has 0 aromatic carbocycles. The number of carbonyl (C=O) groups is 2. The Morgan fingerprint density at radius 3 is 2.50 bits per heavy atom. The molecule has 2 amide bonds. The summed E-state index contributed by atoms with van der Waals surface area (Å²) in [6.07, 6.45) is -0.133. The Morgan fingerprint density at radius 2 is 2.20 bits per heavy atom. The van der Waals surface area contributed by atoms with Gasteiger partial charge < -0.3 is 5.73 Å². The van der Waals surface area contributed by atoms with E-state index in [4.69, 9.17) is 10.9 Å². The smallest absolute Gasteiger partial charge is 0.257 e. The van der Waals surface area contributed by atoms with E-state index in [1.165, 1.54) is 5.48 Å². The molecule has 0 heterocycles. The van der Waals surface area contributed by atoms with Crippen molar-refractivity contribution in [3.05, 3.63) is 0 Å². The topological polar surface area (TPSA) is 92.4 Å². The van der Waals surface area contributed by atoms with Crippen molar-refractivity contribution in [1.29, 1.82) is 0 Å². The van der Waals surface area contributed by atoms with Crippen molar-refractivity contribution in [1.82, 2.24) is 5.48 Å². The quantitative estimate of drug-likeness (QED) is 0.322. The highest BCUT2D eigenvalue weighted by Crippen LogP contribution is 2.03. The van der Waals surface area contributed by atoms with E-state index in [0.29, 0.717) is 0 Å². The Bertz CT molecular complexity index is 149. The molecule has 6 heteroatoms. The average molecular weight is 211 g/mol. The minimum Gasteiger partial charge on any atom is -0.370 e. The number of hydroxylamine groups is 1. The fraction of sp³-hybridized carbons (Fsp3) is 0.500. The maximum Gasteiger partial charge on any atom is 0.257 e. The van der Waals surface area contributed by atoms with Gasteiger partial charge in [0, 0.05) is 6.42 Å². The van der Waals surface area contributed by atoms with Crippen molar-refractivity contribution in [3.8, 4) is 0 Å². The minimum atomic E-state index is -0.755. The molecule has 0 saturated carbocycles. The molecule has 0 aliphatic heterocycles. The van der Waals surface area contributed by atoms with Crippen molar-refractivity contribution < 1.29 is 14.8 Å². The van der Waals surface area contributed by atoms with Crippen molar-refractivity contribution in [2.75, 3.05) is 0 Å². The van der Waals surface area contributed by atoms with Gasteiger partial charge in [-0.1, -0.05) is 15.9 Å². The van der Waals surface area contributed by atoms with Crippen LogP contribution in [0.5, 0.6) is 0 Å².